The van der Waals surface area contributed by atoms with E-state index in [9.17, 15) is 9.59 Å². The lowest BCUT2D eigenvalue weighted by Crippen LogP contribution is -2.15. The molecule has 9 heteroatoms. The van der Waals surface area contributed by atoms with E-state index in [0.29, 0.717) is 39.6 Å². The van der Waals surface area contributed by atoms with Gasteiger partial charge in [0.2, 0.25) is 5.91 Å². The molecule has 0 aliphatic rings. The molecule has 1 aromatic carbocycles. The maximum Gasteiger partial charge on any atom is 0.291 e. The molecule has 0 saturated carbocycles. The van der Waals surface area contributed by atoms with Gasteiger partial charge < -0.3 is 15.1 Å². The van der Waals surface area contributed by atoms with Crippen LogP contribution in [0.1, 0.15) is 35.7 Å². The zero-order chi connectivity index (χ0) is 22.5. The molecule has 162 valence electrons. The summed E-state index contributed by atoms with van der Waals surface area (Å²) in [6, 6.07) is 7.90. The Morgan fingerprint density at radius 3 is 2.65 bits per heavy atom. The largest absolute Gasteiger partial charge is 0.459 e. The van der Waals surface area contributed by atoms with Crippen molar-refractivity contribution in [2.75, 3.05) is 10.6 Å². The molecule has 0 aliphatic heterocycles. The standard InChI is InChI=1S/C22H22Cl2N4O3/c1-13(2)12-28-21(24)16(14(3)27-28)7-9-20(29)25-17-8-6-15(23)11-18(17)26-22(30)19-5-4-10-31-19/h4-11,13H,12H2,1-3H3,(H,25,29)(H,26,30). The van der Waals surface area contributed by atoms with Crippen LogP contribution in [0.25, 0.3) is 6.08 Å². The number of rotatable bonds is 7. The lowest BCUT2D eigenvalue weighted by molar-refractivity contribution is -0.111. The third-order valence-electron chi connectivity index (χ3n) is 4.28. The Labute approximate surface area is 190 Å². The van der Waals surface area contributed by atoms with Crippen LogP contribution in [0.15, 0.2) is 47.1 Å². The summed E-state index contributed by atoms with van der Waals surface area (Å²) in [4.78, 5) is 24.8. The van der Waals surface area contributed by atoms with Gasteiger partial charge in [-0.1, -0.05) is 37.0 Å². The zero-order valence-corrected chi connectivity index (χ0v) is 18.8. The van der Waals surface area contributed by atoms with Crippen LogP contribution in [-0.2, 0) is 11.3 Å². The van der Waals surface area contributed by atoms with Gasteiger partial charge in [-0.25, -0.2) is 0 Å². The van der Waals surface area contributed by atoms with E-state index in [-0.39, 0.29) is 5.76 Å². The number of benzene rings is 1. The van der Waals surface area contributed by atoms with Crippen molar-refractivity contribution < 1.29 is 14.0 Å². The Bertz CT molecular complexity index is 1120. The first-order valence-corrected chi connectivity index (χ1v) is 10.4. The molecule has 0 radical (unpaired) electrons. The summed E-state index contributed by atoms with van der Waals surface area (Å²) in [6.45, 7) is 6.67. The monoisotopic (exact) mass is 460 g/mol. The van der Waals surface area contributed by atoms with Gasteiger partial charge in [-0.05, 0) is 49.2 Å². The number of aryl methyl sites for hydroxylation is 1. The molecule has 0 aliphatic carbocycles. The third kappa shape index (κ3) is 5.77. The maximum absolute atomic E-state index is 12.5. The molecule has 0 saturated heterocycles. The summed E-state index contributed by atoms with van der Waals surface area (Å²) in [6.07, 6.45) is 4.38. The van der Waals surface area contributed by atoms with Crippen molar-refractivity contribution in [2.24, 2.45) is 5.92 Å². The Kier molecular flexibility index (Phi) is 7.20. The SMILES string of the molecule is Cc1nn(CC(C)C)c(Cl)c1C=CC(=O)Nc1ccc(Cl)cc1NC(=O)c1ccco1. The normalized spacial score (nSPS) is 11.3. The van der Waals surface area contributed by atoms with Crippen molar-refractivity contribution in [1.29, 1.82) is 0 Å². The summed E-state index contributed by atoms with van der Waals surface area (Å²) in [7, 11) is 0. The summed E-state index contributed by atoms with van der Waals surface area (Å²) in [5, 5.41) is 10.7. The van der Waals surface area contributed by atoms with Crippen molar-refractivity contribution in [3.8, 4) is 0 Å². The van der Waals surface area contributed by atoms with Gasteiger partial charge in [-0.15, -0.1) is 0 Å². The van der Waals surface area contributed by atoms with Crippen LogP contribution in [0.4, 0.5) is 11.4 Å². The fourth-order valence-electron chi connectivity index (χ4n) is 2.88. The summed E-state index contributed by atoms with van der Waals surface area (Å²) in [5.74, 6) is -0.335. The summed E-state index contributed by atoms with van der Waals surface area (Å²) in [5.41, 5.74) is 2.14. The molecule has 2 aromatic heterocycles. The second kappa shape index (κ2) is 9.85. The van der Waals surface area contributed by atoms with E-state index in [0.717, 1.165) is 5.69 Å². The van der Waals surface area contributed by atoms with Crippen molar-refractivity contribution in [1.82, 2.24) is 9.78 Å². The number of halogens is 2. The highest BCUT2D eigenvalue weighted by molar-refractivity contribution is 6.31. The van der Waals surface area contributed by atoms with Crippen molar-refractivity contribution in [3.63, 3.8) is 0 Å². The molecule has 3 rings (SSSR count). The van der Waals surface area contributed by atoms with Crippen LogP contribution >= 0.6 is 23.2 Å². The average Bonchev–Trinajstić information content (AvgIpc) is 3.32. The van der Waals surface area contributed by atoms with Gasteiger partial charge in [0.15, 0.2) is 5.76 Å². The van der Waals surface area contributed by atoms with E-state index in [1.54, 1.807) is 35.0 Å². The quantitative estimate of drug-likeness (QED) is 0.445. The predicted molar refractivity (Wildman–Crippen MR) is 123 cm³/mol. The molecule has 7 nitrogen and oxygen atoms in total. The molecule has 2 heterocycles. The van der Waals surface area contributed by atoms with E-state index in [1.165, 1.54) is 18.4 Å². The zero-order valence-electron chi connectivity index (χ0n) is 17.3. The number of nitrogens with one attached hydrogen (secondary N) is 2. The Morgan fingerprint density at radius 1 is 1.19 bits per heavy atom. The fourth-order valence-corrected chi connectivity index (χ4v) is 3.36. The first-order valence-electron chi connectivity index (χ1n) is 9.61. The van der Waals surface area contributed by atoms with Crippen LogP contribution in [0, 0.1) is 12.8 Å². The van der Waals surface area contributed by atoms with Crippen LogP contribution in [-0.4, -0.2) is 21.6 Å². The smallest absolute Gasteiger partial charge is 0.291 e. The van der Waals surface area contributed by atoms with E-state index in [1.807, 2.05) is 6.92 Å². The van der Waals surface area contributed by atoms with E-state index in [4.69, 9.17) is 27.6 Å². The Morgan fingerprint density at radius 2 is 1.97 bits per heavy atom. The molecule has 31 heavy (non-hydrogen) atoms. The maximum atomic E-state index is 12.5. The van der Waals surface area contributed by atoms with Gasteiger partial charge >= 0.3 is 0 Å². The topological polar surface area (TPSA) is 89.2 Å². The molecular formula is C22H22Cl2N4O3. The van der Waals surface area contributed by atoms with E-state index < -0.39 is 11.8 Å². The van der Waals surface area contributed by atoms with Gasteiger partial charge in [0.1, 0.15) is 5.15 Å². The number of nitrogens with zero attached hydrogens (tertiary/aromatic N) is 2. The van der Waals surface area contributed by atoms with Crippen LogP contribution in [0.3, 0.4) is 0 Å². The lowest BCUT2D eigenvalue weighted by atomic mass is 10.2. The minimum atomic E-state index is -0.460. The number of amides is 2. The Hall–Kier alpha value is -3.03. The second-order valence-electron chi connectivity index (χ2n) is 7.31. The third-order valence-corrected chi connectivity index (χ3v) is 4.92. The molecule has 2 N–H and O–H groups in total. The molecule has 0 unspecified atom stereocenters. The van der Waals surface area contributed by atoms with Gasteiger partial charge in [0, 0.05) is 23.2 Å². The number of anilines is 2. The number of hydrogen-bond donors (Lipinski definition) is 2. The van der Waals surface area contributed by atoms with Gasteiger partial charge in [-0.3, -0.25) is 14.3 Å². The highest BCUT2D eigenvalue weighted by Crippen LogP contribution is 2.27. The summed E-state index contributed by atoms with van der Waals surface area (Å²) >= 11 is 12.5. The number of carbonyl (C=O) groups excluding carboxylic acids is 2. The van der Waals surface area contributed by atoms with E-state index >= 15 is 0 Å². The molecule has 0 fully saturated rings. The first-order chi connectivity index (χ1) is 14.7. The first kappa shape index (κ1) is 22.7. The number of hydrogen-bond acceptors (Lipinski definition) is 4. The second-order valence-corrected chi connectivity index (χ2v) is 8.10. The fraction of sp³-hybridized carbons (Fsp3) is 0.227. The van der Waals surface area contributed by atoms with Gasteiger partial charge in [-0.2, -0.15) is 5.10 Å². The van der Waals surface area contributed by atoms with E-state index in [2.05, 4.69) is 29.6 Å². The van der Waals surface area contributed by atoms with Crippen LogP contribution < -0.4 is 10.6 Å². The number of carbonyl (C=O) groups is 2. The number of aromatic nitrogens is 2. The minimum Gasteiger partial charge on any atom is -0.459 e. The van der Waals surface area contributed by atoms with Crippen molar-refractivity contribution in [2.45, 2.75) is 27.3 Å². The molecule has 2 amide bonds. The minimum absolute atomic E-state index is 0.140. The van der Waals surface area contributed by atoms with Crippen LogP contribution in [0.5, 0.6) is 0 Å². The molecule has 0 spiro atoms. The summed E-state index contributed by atoms with van der Waals surface area (Å²) < 4.78 is 6.81. The van der Waals surface area contributed by atoms with Crippen LogP contribution in [0.2, 0.25) is 10.2 Å². The molecule has 3 aromatic rings. The lowest BCUT2D eigenvalue weighted by Gasteiger charge is -2.11. The molecule has 0 atom stereocenters. The van der Waals surface area contributed by atoms with Crippen molar-refractivity contribution in [3.05, 3.63) is 69.9 Å². The molecule has 0 bridgehead atoms. The Balaban J connectivity index is 1.75. The van der Waals surface area contributed by atoms with Crippen molar-refractivity contribution >= 4 is 52.5 Å². The predicted octanol–water partition coefficient (Wildman–Crippen LogP) is 5.65. The highest BCUT2D eigenvalue weighted by atomic mass is 35.5. The van der Waals surface area contributed by atoms with Gasteiger partial charge in [0.25, 0.3) is 5.91 Å². The highest BCUT2D eigenvalue weighted by Gasteiger charge is 2.14. The molecular weight excluding hydrogens is 439 g/mol. The average molecular weight is 461 g/mol. The van der Waals surface area contributed by atoms with Gasteiger partial charge in [0.05, 0.1) is 23.3 Å². The number of furan rings is 1.